The number of para-hydroxylation sites is 2. The van der Waals surface area contributed by atoms with Gasteiger partial charge in [0.15, 0.2) is 16.5 Å². The van der Waals surface area contributed by atoms with Crippen molar-refractivity contribution in [2.45, 2.75) is 39.3 Å². The summed E-state index contributed by atoms with van der Waals surface area (Å²) >= 11 is 0. The van der Waals surface area contributed by atoms with Crippen LogP contribution in [0, 0.1) is 0 Å². The van der Waals surface area contributed by atoms with E-state index in [0.29, 0.717) is 0 Å². The zero-order valence-corrected chi connectivity index (χ0v) is 36.6. The van der Waals surface area contributed by atoms with Crippen LogP contribution < -0.4 is 30.3 Å². The van der Waals surface area contributed by atoms with E-state index >= 15 is 0 Å². The van der Waals surface area contributed by atoms with Gasteiger partial charge < -0.3 is 9.13 Å². The highest BCUT2D eigenvalue weighted by molar-refractivity contribution is 8.50. The third-order valence-corrected chi connectivity index (χ3v) is 24.2. The molecule has 0 aliphatic rings. The molecular weight excluding hydrogens is 737 g/mol. The summed E-state index contributed by atoms with van der Waals surface area (Å²) in [5.74, 6) is 0. The van der Waals surface area contributed by atoms with Gasteiger partial charge >= 0.3 is 0 Å². The van der Waals surface area contributed by atoms with Crippen LogP contribution in [-0.2, 0) is 0 Å². The molecule has 0 radical (unpaired) electrons. The quantitative estimate of drug-likeness (QED) is 0.0850. The lowest BCUT2D eigenvalue weighted by Crippen LogP contribution is -2.51. The first-order chi connectivity index (χ1) is 25.1. The third kappa shape index (κ3) is 9.55. The molecule has 6 rings (SSSR count). The molecule has 0 aromatic heterocycles. The van der Waals surface area contributed by atoms with Crippen LogP contribution in [0.2, 0.25) is 39.3 Å². The fourth-order valence-corrected chi connectivity index (χ4v) is 26.9. The molecule has 0 fully saturated rings. The van der Waals surface area contributed by atoms with E-state index in [1.54, 1.807) is 0 Å². The Morgan fingerprint density at radius 3 is 0.885 bits per heavy atom. The minimum absolute atomic E-state index is 0.949. The summed E-state index contributed by atoms with van der Waals surface area (Å²) in [6.45, 7) is 15.1. The highest BCUT2D eigenvalue weighted by atomic mass is 32.1. The molecule has 0 amide bonds. The molecule has 0 bridgehead atoms. The first-order valence-corrected chi connectivity index (χ1v) is 29.9. The van der Waals surface area contributed by atoms with Crippen LogP contribution in [0.3, 0.4) is 0 Å². The molecule has 2 nitrogen and oxygen atoms in total. The lowest BCUT2D eigenvalue weighted by Gasteiger charge is -2.47. The predicted octanol–water partition coefficient (Wildman–Crippen LogP) is 11.9. The average molecular weight is 785 g/mol. The van der Waals surface area contributed by atoms with Crippen molar-refractivity contribution in [3.63, 3.8) is 0 Å². The number of hydrogen-bond donors (Lipinski definition) is 0. The maximum Gasteiger partial charge on any atom is 0.154 e. The van der Waals surface area contributed by atoms with Crippen molar-refractivity contribution in [2.24, 2.45) is 0 Å². The monoisotopic (exact) mass is 784 g/mol. The Labute approximate surface area is 319 Å². The predicted molar refractivity (Wildman–Crippen MR) is 247 cm³/mol. The molecule has 6 aromatic rings. The van der Waals surface area contributed by atoms with Crippen molar-refractivity contribution in [2.75, 3.05) is 9.13 Å². The Hall–Kier alpha value is -3.45. The van der Waals surface area contributed by atoms with Gasteiger partial charge in [-0.25, -0.2) is 0 Å². The van der Waals surface area contributed by atoms with Crippen molar-refractivity contribution in [3.05, 3.63) is 182 Å². The number of hydrogen-bond acceptors (Lipinski definition) is 0. The van der Waals surface area contributed by atoms with Crippen LogP contribution in [0.1, 0.15) is 0 Å². The van der Waals surface area contributed by atoms with Gasteiger partial charge in [0, 0.05) is 37.2 Å². The maximum atomic E-state index is 2.82. The molecule has 2 atom stereocenters. The molecular formula is C44H48N2P4Si2. The molecule has 2 unspecified atom stereocenters. The van der Waals surface area contributed by atoms with Crippen LogP contribution in [0.15, 0.2) is 182 Å². The summed E-state index contributed by atoms with van der Waals surface area (Å²) in [6, 6.07) is 67.7. The van der Waals surface area contributed by atoms with Crippen molar-refractivity contribution in [1.82, 2.24) is 0 Å². The zero-order chi connectivity index (χ0) is 36.6. The van der Waals surface area contributed by atoms with Crippen molar-refractivity contribution >= 4 is 91.0 Å². The summed E-state index contributed by atoms with van der Waals surface area (Å²) in [4.78, 5) is 0. The van der Waals surface area contributed by atoms with E-state index < -0.39 is 31.7 Å². The second-order valence-electron chi connectivity index (χ2n) is 14.5. The van der Waals surface area contributed by atoms with Gasteiger partial charge in [0.1, 0.15) is 0 Å². The Bertz CT molecular complexity index is 1900. The van der Waals surface area contributed by atoms with E-state index in [1.807, 2.05) is 0 Å². The highest BCUT2D eigenvalue weighted by Crippen LogP contribution is 2.72. The normalized spacial score (nSPS) is 13.7. The van der Waals surface area contributed by atoms with Gasteiger partial charge in [0.05, 0.1) is 10.3 Å². The Balaban J connectivity index is 1.77. The zero-order valence-electron chi connectivity index (χ0n) is 31.0. The molecule has 262 valence electrons. The largest absolute Gasteiger partial charge is 0.365 e. The molecule has 0 aliphatic carbocycles. The van der Waals surface area contributed by atoms with Gasteiger partial charge in [-0.15, -0.1) is 0 Å². The number of rotatable bonds is 13. The van der Waals surface area contributed by atoms with Crippen LogP contribution >= 0.6 is 31.6 Å². The van der Waals surface area contributed by atoms with Crippen molar-refractivity contribution in [1.29, 1.82) is 0 Å². The molecule has 0 heterocycles. The minimum Gasteiger partial charge on any atom is -0.365 e. The van der Waals surface area contributed by atoms with Crippen molar-refractivity contribution in [3.8, 4) is 0 Å². The smallest absolute Gasteiger partial charge is 0.154 e. The molecule has 52 heavy (non-hydrogen) atoms. The highest BCUT2D eigenvalue weighted by Gasteiger charge is 2.42. The number of anilines is 2. The van der Waals surface area contributed by atoms with E-state index in [-0.39, 0.29) is 0 Å². The molecule has 0 saturated carbocycles. The van der Waals surface area contributed by atoms with Crippen LogP contribution in [0.5, 0.6) is 0 Å². The first kappa shape index (κ1) is 38.3. The Morgan fingerprint density at radius 1 is 0.365 bits per heavy atom. The summed E-state index contributed by atoms with van der Waals surface area (Å²) in [5, 5.41) is 8.53. The fraction of sp³-hybridized carbons (Fsp3) is 0.136. The summed E-state index contributed by atoms with van der Waals surface area (Å²) in [6.07, 6.45) is 0. The molecule has 0 N–H and O–H groups in total. The van der Waals surface area contributed by atoms with E-state index in [0.717, 1.165) is 0 Å². The Kier molecular flexibility index (Phi) is 12.9. The maximum absolute atomic E-state index is 2.82. The fourth-order valence-electron chi connectivity index (χ4n) is 6.16. The minimum atomic E-state index is -2.02. The standard InChI is InChI=1S/C44H48N2P4Si2/c1-51(2,3)45(37-25-13-7-14-26-37)43(47-39-29-17-9-18-30-39)49(41-33-21-11-22-34-41)50(42-35-23-12-24-36-42)44(48-40-31-19-10-20-32-40)46(52(4,5)6)38-27-15-8-16-28-38/h7-36H,1-6H3. The third-order valence-electron chi connectivity index (χ3n) is 8.32. The van der Waals surface area contributed by atoms with E-state index in [9.17, 15) is 0 Å². The first-order valence-electron chi connectivity index (χ1n) is 17.8. The molecule has 0 spiro atoms. The van der Waals surface area contributed by atoms with Gasteiger partial charge in [-0.1, -0.05) is 197 Å². The lowest BCUT2D eigenvalue weighted by molar-refractivity contribution is 1.42. The molecule has 0 aliphatic heterocycles. The van der Waals surface area contributed by atoms with Crippen LogP contribution in [0.4, 0.5) is 11.4 Å². The van der Waals surface area contributed by atoms with Crippen LogP contribution in [0.25, 0.3) is 0 Å². The van der Waals surface area contributed by atoms with Gasteiger partial charge in [-0.05, 0) is 51.3 Å². The second-order valence-corrected chi connectivity index (χ2v) is 32.6. The van der Waals surface area contributed by atoms with Gasteiger partial charge in [-0.2, -0.15) is 0 Å². The summed E-state index contributed by atoms with van der Waals surface area (Å²) in [5.41, 5.74) is 2.58. The van der Waals surface area contributed by atoms with Gasteiger partial charge in [-0.3, -0.25) is 0 Å². The lowest BCUT2D eigenvalue weighted by atomic mass is 10.3. The number of benzene rings is 6. The summed E-state index contributed by atoms with van der Waals surface area (Å²) < 4.78 is 5.63. The Morgan fingerprint density at radius 2 is 0.615 bits per heavy atom. The van der Waals surface area contributed by atoms with E-state index in [2.05, 4.69) is 230 Å². The number of nitrogens with zero attached hydrogens (tertiary/aromatic N) is 2. The van der Waals surface area contributed by atoms with E-state index in [4.69, 9.17) is 0 Å². The topological polar surface area (TPSA) is 6.48 Å². The SMILES string of the molecule is C[Si](C)(C)N(C(=Pc1ccccc1)P(c1ccccc1)P(C(=Pc1ccccc1)N(c1ccccc1)[Si](C)(C)C)c1ccccc1)c1ccccc1. The average Bonchev–Trinajstić information content (AvgIpc) is 3.15. The summed E-state index contributed by atoms with van der Waals surface area (Å²) in [7, 11) is -3.44. The molecule has 0 saturated heterocycles. The van der Waals surface area contributed by atoms with E-state index in [1.165, 1.54) is 59.3 Å². The second kappa shape index (κ2) is 17.6. The van der Waals surface area contributed by atoms with Gasteiger partial charge in [0.25, 0.3) is 0 Å². The van der Waals surface area contributed by atoms with Crippen molar-refractivity contribution < 1.29 is 0 Å². The molecule has 6 aromatic carbocycles. The van der Waals surface area contributed by atoms with Gasteiger partial charge in [0.2, 0.25) is 0 Å². The molecule has 8 heteroatoms. The van der Waals surface area contributed by atoms with Crippen LogP contribution in [-0.4, -0.2) is 26.8 Å².